The molecule has 0 saturated heterocycles. The van der Waals surface area contributed by atoms with E-state index < -0.39 is 15.8 Å². The average Bonchev–Trinajstić information content (AvgIpc) is 2.82. The van der Waals surface area contributed by atoms with Crippen LogP contribution in [0.25, 0.3) is 11.0 Å². The Morgan fingerprint density at radius 1 is 1.33 bits per heavy atom. The third-order valence-corrected chi connectivity index (χ3v) is 4.90. The number of rotatable bonds is 7. The molecule has 0 unspecified atom stereocenters. The number of sulfone groups is 1. The Balaban J connectivity index is 2.12. The summed E-state index contributed by atoms with van der Waals surface area (Å²) >= 11 is 0. The van der Waals surface area contributed by atoms with Crippen molar-refractivity contribution in [3.05, 3.63) is 35.6 Å². The second kappa shape index (κ2) is 6.28. The van der Waals surface area contributed by atoms with Crippen LogP contribution >= 0.6 is 0 Å². The summed E-state index contributed by atoms with van der Waals surface area (Å²) in [5.74, 6) is -0.637. The Morgan fingerprint density at radius 2 is 2.05 bits per heavy atom. The molecule has 2 rings (SSSR count). The Labute approximate surface area is 122 Å². The van der Waals surface area contributed by atoms with E-state index in [9.17, 15) is 18.3 Å². The van der Waals surface area contributed by atoms with Gasteiger partial charge in [0.15, 0.2) is 9.84 Å². The van der Waals surface area contributed by atoms with Gasteiger partial charge in [0.25, 0.3) is 0 Å². The van der Waals surface area contributed by atoms with Crippen LogP contribution in [0, 0.1) is 0 Å². The lowest BCUT2D eigenvalue weighted by Crippen LogP contribution is -2.24. The molecule has 0 fully saturated rings. The predicted octanol–water partition coefficient (Wildman–Crippen LogP) is 1.66. The molecule has 114 valence electrons. The van der Waals surface area contributed by atoms with Gasteiger partial charge in [0.05, 0.1) is 12.3 Å². The first-order valence-corrected chi connectivity index (χ1v) is 8.41. The van der Waals surface area contributed by atoms with Crippen LogP contribution in [0.5, 0.6) is 0 Å². The highest BCUT2D eigenvalue weighted by atomic mass is 32.2. The van der Waals surface area contributed by atoms with Crippen LogP contribution < -0.4 is 5.32 Å². The Hall–Kier alpha value is -1.86. The summed E-state index contributed by atoms with van der Waals surface area (Å²) in [4.78, 5) is 11.4. The van der Waals surface area contributed by atoms with Gasteiger partial charge >= 0.3 is 5.97 Å². The standard InChI is InChI=1S/C14H17NO5S/c1-2-21(18,19)8-7-15-9-12-13(14(16)17)10-5-3-4-6-11(10)20-12/h3-6,15H,2,7-9H2,1H3,(H,16,17). The van der Waals surface area contributed by atoms with Crippen molar-refractivity contribution >= 4 is 26.8 Å². The Bertz CT molecular complexity index is 748. The topological polar surface area (TPSA) is 96.6 Å². The van der Waals surface area contributed by atoms with Crippen LogP contribution in [0.15, 0.2) is 28.7 Å². The fourth-order valence-electron chi connectivity index (χ4n) is 2.03. The lowest BCUT2D eigenvalue weighted by Gasteiger charge is -2.03. The molecular weight excluding hydrogens is 294 g/mol. The molecule has 0 amide bonds. The first-order chi connectivity index (χ1) is 9.94. The molecule has 0 aliphatic rings. The van der Waals surface area contributed by atoms with Crippen molar-refractivity contribution in [2.75, 3.05) is 18.1 Å². The second-order valence-corrected chi connectivity index (χ2v) is 7.09. The number of nitrogens with one attached hydrogen (secondary N) is 1. The normalized spacial score (nSPS) is 11.9. The van der Waals surface area contributed by atoms with Crippen LogP contribution in [0.4, 0.5) is 0 Å². The Morgan fingerprint density at radius 3 is 2.71 bits per heavy atom. The maximum absolute atomic E-state index is 11.4. The number of furan rings is 1. The molecule has 2 N–H and O–H groups in total. The van der Waals surface area contributed by atoms with E-state index in [1.165, 1.54) is 0 Å². The molecule has 1 aromatic carbocycles. The minimum absolute atomic E-state index is 0.0200. The maximum atomic E-state index is 11.4. The third kappa shape index (κ3) is 3.62. The van der Waals surface area contributed by atoms with Crippen molar-refractivity contribution < 1.29 is 22.7 Å². The van der Waals surface area contributed by atoms with E-state index in [2.05, 4.69) is 5.32 Å². The number of carboxylic acids is 1. The minimum atomic E-state index is -3.03. The van der Waals surface area contributed by atoms with Gasteiger partial charge in [-0.15, -0.1) is 0 Å². The number of carboxylic acid groups (broad SMARTS) is 1. The number of carbonyl (C=O) groups is 1. The quantitative estimate of drug-likeness (QED) is 0.755. The molecule has 0 spiro atoms. The molecular formula is C14H17NO5S. The van der Waals surface area contributed by atoms with E-state index in [0.717, 1.165) is 0 Å². The zero-order chi connectivity index (χ0) is 15.5. The fourth-order valence-corrected chi connectivity index (χ4v) is 2.77. The summed E-state index contributed by atoms with van der Waals surface area (Å²) in [6, 6.07) is 6.90. The number of fused-ring (bicyclic) bond motifs is 1. The molecule has 1 heterocycles. The van der Waals surface area contributed by atoms with Crippen LogP contribution in [0.3, 0.4) is 0 Å². The number of para-hydroxylation sites is 1. The summed E-state index contributed by atoms with van der Waals surface area (Å²) in [7, 11) is -3.03. The average molecular weight is 311 g/mol. The van der Waals surface area contributed by atoms with Gasteiger partial charge in [0.1, 0.15) is 16.9 Å². The van der Waals surface area contributed by atoms with Crippen molar-refractivity contribution in [1.29, 1.82) is 0 Å². The maximum Gasteiger partial charge on any atom is 0.339 e. The minimum Gasteiger partial charge on any atom is -0.478 e. The van der Waals surface area contributed by atoms with Crippen molar-refractivity contribution in [2.45, 2.75) is 13.5 Å². The van der Waals surface area contributed by atoms with Crippen molar-refractivity contribution in [2.24, 2.45) is 0 Å². The van der Waals surface area contributed by atoms with Crippen molar-refractivity contribution in [3.63, 3.8) is 0 Å². The number of aromatic carboxylic acids is 1. The lowest BCUT2D eigenvalue weighted by molar-refractivity contribution is 0.0696. The van der Waals surface area contributed by atoms with Gasteiger partial charge in [-0.3, -0.25) is 0 Å². The highest BCUT2D eigenvalue weighted by Gasteiger charge is 2.19. The Kier molecular flexibility index (Phi) is 4.64. The molecule has 0 aliphatic carbocycles. The summed E-state index contributed by atoms with van der Waals surface area (Å²) in [6.45, 7) is 2.03. The number of hydrogen-bond donors (Lipinski definition) is 2. The monoisotopic (exact) mass is 311 g/mol. The molecule has 7 heteroatoms. The molecule has 0 atom stereocenters. The van der Waals surface area contributed by atoms with E-state index >= 15 is 0 Å². The smallest absolute Gasteiger partial charge is 0.339 e. The van der Waals surface area contributed by atoms with Gasteiger partial charge in [0, 0.05) is 17.7 Å². The van der Waals surface area contributed by atoms with Crippen LogP contribution in [0.2, 0.25) is 0 Å². The fraction of sp³-hybridized carbons (Fsp3) is 0.357. The van der Waals surface area contributed by atoms with Gasteiger partial charge in [-0.25, -0.2) is 13.2 Å². The van der Waals surface area contributed by atoms with Gasteiger partial charge < -0.3 is 14.8 Å². The van der Waals surface area contributed by atoms with Gasteiger partial charge in [-0.2, -0.15) is 0 Å². The van der Waals surface area contributed by atoms with Crippen LogP contribution in [-0.4, -0.2) is 37.5 Å². The number of hydrogen-bond acceptors (Lipinski definition) is 5. The van der Waals surface area contributed by atoms with Crippen molar-refractivity contribution in [3.8, 4) is 0 Å². The van der Waals surface area contributed by atoms with Gasteiger partial charge in [-0.05, 0) is 6.07 Å². The van der Waals surface area contributed by atoms with Crippen LogP contribution in [0.1, 0.15) is 23.0 Å². The zero-order valence-electron chi connectivity index (χ0n) is 11.6. The molecule has 0 bridgehead atoms. The van der Waals surface area contributed by atoms with Gasteiger partial charge in [0.2, 0.25) is 0 Å². The van der Waals surface area contributed by atoms with E-state index in [4.69, 9.17) is 4.42 Å². The first-order valence-electron chi connectivity index (χ1n) is 6.59. The molecule has 6 nitrogen and oxygen atoms in total. The van der Waals surface area contributed by atoms with Crippen LogP contribution in [-0.2, 0) is 16.4 Å². The van der Waals surface area contributed by atoms with Gasteiger partial charge in [-0.1, -0.05) is 25.1 Å². The van der Waals surface area contributed by atoms with E-state index in [1.807, 2.05) is 0 Å². The van der Waals surface area contributed by atoms with E-state index in [0.29, 0.717) is 16.7 Å². The molecule has 0 aliphatic heterocycles. The predicted molar refractivity (Wildman–Crippen MR) is 79.2 cm³/mol. The molecule has 0 saturated carbocycles. The highest BCUT2D eigenvalue weighted by molar-refractivity contribution is 7.91. The SMILES string of the molecule is CCS(=O)(=O)CCNCc1oc2ccccc2c1C(=O)O. The second-order valence-electron chi connectivity index (χ2n) is 4.61. The molecule has 2 aromatic rings. The summed E-state index contributed by atoms with van der Waals surface area (Å²) < 4.78 is 28.3. The molecule has 0 radical (unpaired) electrons. The van der Waals surface area contributed by atoms with E-state index in [-0.39, 0.29) is 30.2 Å². The first kappa shape index (κ1) is 15.5. The summed E-state index contributed by atoms with van der Waals surface area (Å²) in [5, 5.41) is 12.7. The van der Waals surface area contributed by atoms with E-state index in [1.54, 1.807) is 31.2 Å². The summed E-state index contributed by atoms with van der Waals surface area (Å²) in [6.07, 6.45) is 0. The van der Waals surface area contributed by atoms with Crippen molar-refractivity contribution in [1.82, 2.24) is 5.32 Å². The zero-order valence-corrected chi connectivity index (χ0v) is 12.4. The molecule has 21 heavy (non-hydrogen) atoms. The molecule has 1 aromatic heterocycles. The largest absolute Gasteiger partial charge is 0.478 e. The lowest BCUT2D eigenvalue weighted by atomic mass is 10.1. The highest BCUT2D eigenvalue weighted by Crippen LogP contribution is 2.25. The third-order valence-electron chi connectivity index (χ3n) is 3.20. The summed E-state index contributed by atoms with van der Waals surface area (Å²) in [5.41, 5.74) is 0.629. The number of benzene rings is 1.